The lowest BCUT2D eigenvalue weighted by Crippen LogP contribution is -2.10. The molecule has 0 N–H and O–H groups in total. The maximum atomic E-state index is 13.0. The van der Waals surface area contributed by atoms with E-state index in [2.05, 4.69) is 15.9 Å². The van der Waals surface area contributed by atoms with Crippen LogP contribution < -0.4 is 14.9 Å². The van der Waals surface area contributed by atoms with Crippen molar-refractivity contribution in [1.82, 2.24) is 0 Å². The number of aryl methyl sites for hydroxylation is 1. The van der Waals surface area contributed by atoms with Crippen molar-refractivity contribution in [3.8, 4) is 17.2 Å². The van der Waals surface area contributed by atoms with Gasteiger partial charge in [0.15, 0.2) is 0 Å². The van der Waals surface area contributed by atoms with E-state index in [0.29, 0.717) is 21.3 Å². The summed E-state index contributed by atoms with van der Waals surface area (Å²) in [4.78, 5) is 37.3. The Morgan fingerprint density at radius 3 is 2.35 bits per heavy atom. The molecular formula is C26H19BrO7. The van der Waals surface area contributed by atoms with E-state index in [1.165, 1.54) is 18.2 Å². The average Bonchev–Trinajstić information content (AvgIpc) is 2.82. The SMILES string of the molecule is CCOC(=O)c1ccc(Oc2c(C)oc3cc(OC(=O)c4ccccc4Br)ccc3c2=O)cc1. The van der Waals surface area contributed by atoms with Gasteiger partial charge in [-0.25, -0.2) is 9.59 Å². The van der Waals surface area contributed by atoms with Crippen LogP contribution in [0.1, 0.15) is 33.4 Å². The smallest absolute Gasteiger partial charge is 0.344 e. The predicted octanol–water partition coefficient (Wildman–Crippen LogP) is 6.05. The molecule has 0 unspecified atom stereocenters. The molecule has 0 atom stereocenters. The number of benzene rings is 3. The summed E-state index contributed by atoms with van der Waals surface area (Å²) >= 11 is 3.32. The summed E-state index contributed by atoms with van der Waals surface area (Å²) in [6.07, 6.45) is 0. The van der Waals surface area contributed by atoms with Gasteiger partial charge in [0, 0.05) is 10.5 Å². The maximum absolute atomic E-state index is 13.0. The summed E-state index contributed by atoms with van der Waals surface area (Å²) in [5.74, 6) is -0.111. The van der Waals surface area contributed by atoms with Gasteiger partial charge in [-0.2, -0.15) is 0 Å². The number of ether oxygens (including phenoxy) is 3. The molecule has 1 heterocycles. The van der Waals surface area contributed by atoms with Crippen LogP contribution >= 0.6 is 15.9 Å². The van der Waals surface area contributed by atoms with Gasteiger partial charge in [-0.1, -0.05) is 12.1 Å². The van der Waals surface area contributed by atoms with Crippen LogP contribution in [0.15, 0.2) is 80.4 Å². The summed E-state index contributed by atoms with van der Waals surface area (Å²) < 4.78 is 22.6. The van der Waals surface area contributed by atoms with E-state index < -0.39 is 11.9 Å². The number of carbonyl (C=O) groups excluding carboxylic acids is 2. The Labute approximate surface area is 203 Å². The summed E-state index contributed by atoms with van der Waals surface area (Å²) in [7, 11) is 0. The predicted molar refractivity (Wildman–Crippen MR) is 129 cm³/mol. The second-order valence-electron chi connectivity index (χ2n) is 7.19. The average molecular weight is 523 g/mol. The minimum absolute atomic E-state index is 0.0225. The Hall–Kier alpha value is -3.91. The van der Waals surface area contributed by atoms with Crippen molar-refractivity contribution >= 4 is 38.8 Å². The lowest BCUT2D eigenvalue weighted by Gasteiger charge is -2.10. The maximum Gasteiger partial charge on any atom is 0.344 e. The van der Waals surface area contributed by atoms with Crippen LogP contribution in [0, 0.1) is 6.92 Å². The van der Waals surface area contributed by atoms with E-state index in [9.17, 15) is 14.4 Å². The molecule has 0 aliphatic heterocycles. The largest absolute Gasteiger partial charge is 0.462 e. The van der Waals surface area contributed by atoms with Crippen LogP contribution in [-0.2, 0) is 4.74 Å². The summed E-state index contributed by atoms with van der Waals surface area (Å²) in [6, 6.07) is 17.7. The first-order valence-corrected chi connectivity index (χ1v) is 11.2. The van der Waals surface area contributed by atoms with E-state index in [1.807, 2.05) is 0 Å². The molecule has 3 aromatic carbocycles. The molecular weight excluding hydrogens is 504 g/mol. The highest BCUT2D eigenvalue weighted by Crippen LogP contribution is 2.28. The van der Waals surface area contributed by atoms with Gasteiger partial charge in [0.05, 0.1) is 23.1 Å². The molecule has 1 aromatic heterocycles. The summed E-state index contributed by atoms with van der Waals surface area (Å²) in [5, 5.41) is 0.268. The Balaban J connectivity index is 1.59. The van der Waals surface area contributed by atoms with Crippen molar-refractivity contribution in [2.24, 2.45) is 0 Å². The van der Waals surface area contributed by atoms with Crippen molar-refractivity contribution in [1.29, 1.82) is 0 Å². The fraction of sp³-hybridized carbons (Fsp3) is 0.115. The number of halogens is 1. The van der Waals surface area contributed by atoms with Gasteiger partial charge in [0.25, 0.3) is 0 Å². The summed E-state index contributed by atoms with van der Waals surface area (Å²) in [6.45, 7) is 3.61. The molecule has 8 heteroatoms. The van der Waals surface area contributed by atoms with Gasteiger partial charge in [0.1, 0.15) is 22.8 Å². The first kappa shape index (κ1) is 23.3. The molecule has 4 rings (SSSR count). The van der Waals surface area contributed by atoms with Gasteiger partial charge in [-0.05, 0) is 78.3 Å². The van der Waals surface area contributed by atoms with E-state index >= 15 is 0 Å². The third kappa shape index (κ3) is 4.87. The van der Waals surface area contributed by atoms with Crippen LogP contribution in [0.2, 0.25) is 0 Å². The standard InChI is InChI=1S/C26H19BrO7/c1-3-31-25(29)16-8-10-17(11-9-16)33-24-15(2)32-22-14-18(12-13-20(22)23(24)28)34-26(30)19-6-4-5-7-21(19)27/h4-14H,3H2,1-2H3. The van der Waals surface area contributed by atoms with Crippen molar-refractivity contribution < 1.29 is 28.2 Å². The molecule has 0 saturated heterocycles. The molecule has 0 aliphatic carbocycles. The molecule has 4 aromatic rings. The number of hydrogen-bond donors (Lipinski definition) is 0. The highest BCUT2D eigenvalue weighted by atomic mass is 79.9. The van der Waals surface area contributed by atoms with Gasteiger partial charge in [-0.15, -0.1) is 0 Å². The lowest BCUT2D eigenvalue weighted by molar-refractivity contribution is 0.0526. The zero-order valence-electron chi connectivity index (χ0n) is 18.3. The molecule has 0 spiro atoms. The van der Waals surface area contributed by atoms with Crippen molar-refractivity contribution in [2.75, 3.05) is 6.61 Å². The van der Waals surface area contributed by atoms with Crippen molar-refractivity contribution in [3.63, 3.8) is 0 Å². The van der Waals surface area contributed by atoms with Crippen LogP contribution in [0.5, 0.6) is 17.2 Å². The van der Waals surface area contributed by atoms with E-state index in [4.69, 9.17) is 18.6 Å². The second kappa shape index (κ2) is 9.93. The summed E-state index contributed by atoms with van der Waals surface area (Å²) in [5.41, 5.74) is 0.626. The zero-order valence-corrected chi connectivity index (χ0v) is 19.9. The molecule has 0 aliphatic rings. The molecule has 0 bridgehead atoms. The van der Waals surface area contributed by atoms with Crippen LogP contribution in [0.4, 0.5) is 0 Å². The highest BCUT2D eigenvalue weighted by molar-refractivity contribution is 9.10. The minimum atomic E-state index is -0.544. The number of esters is 2. The van der Waals surface area contributed by atoms with Crippen LogP contribution in [0.3, 0.4) is 0 Å². The molecule has 172 valence electrons. The Bertz CT molecular complexity index is 1440. The highest BCUT2D eigenvalue weighted by Gasteiger charge is 2.17. The van der Waals surface area contributed by atoms with Gasteiger partial charge < -0.3 is 18.6 Å². The van der Waals surface area contributed by atoms with Crippen molar-refractivity contribution in [2.45, 2.75) is 13.8 Å². The molecule has 7 nitrogen and oxygen atoms in total. The van der Waals surface area contributed by atoms with Crippen LogP contribution in [0.25, 0.3) is 11.0 Å². The Morgan fingerprint density at radius 2 is 1.65 bits per heavy atom. The molecule has 34 heavy (non-hydrogen) atoms. The van der Waals surface area contributed by atoms with Gasteiger partial charge in [-0.3, -0.25) is 4.79 Å². The quantitative estimate of drug-likeness (QED) is 0.224. The third-order valence-corrected chi connectivity index (χ3v) is 5.57. The number of rotatable bonds is 6. The van der Waals surface area contributed by atoms with Gasteiger partial charge in [0.2, 0.25) is 11.2 Å². The van der Waals surface area contributed by atoms with Gasteiger partial charge >= 0.3 is 11.9 Å². The Morgan fingerprint density at radius 1 is 0.941 bits per heavy atom. The third-order valence-electron chi connectivity index (χ3n) is 4.88. The zero-order chi connectivity index (χ0) is 24.2. The number of hydrogen-bond acceptors (Lipinski definition) is 7. The van der Waals surface area contributed by atoms with E-state index in [1.54, 1.807) is 62.4 Å². The fourth-order valence-electron chi connectivity index (χ4n) is 3.23. The lowest BCUT2D eigenvalue weighted by atomic mass is 10.2. The Kier molecular flexibility index (Phi) is 6.79. The molecule has 0 radical (unpaired) electrons. The normalized spacial score (nSPS) is 10.7. The topological polar surface area (TPSA) is 92.0 Å². The molecule has 0 amide bonds. The molecule has 0 fully saturated rings. The van der Waals surface area contributed by atoms with Crippen LogP contribution in [-0.4, -0.2) is 18.5 Å². The van der Waals surface area contributed by atoms with Crippen molar-refractivity contribution in [3.05, 3.63) is 98.3 Å². The molecule has 0 saturated carbocycles. The minimum Gasteiger partial charge on any atom is -0.462 e. The fourth-order valence-corrected chi connectivity index (χ4v) is 3.68. The first-order chi connectivity index (χ1) is 16.4. The first-order valence-electron chi connectivity index (χ1n) is 10.4. The van der Waals surface area contributed by atoms with E-state index in [0.717, 1.165) is 0 Å². The second-order valence-corrected chi connectivity index (χ2v) is 8.05. The number of carbonyl (C=O) groups is 2. The van der Waals surface area contributed by atoms with E-state index in [-0.39, 0.29) is 40.3 Å². The monoisotopic (exact) mass is 522 g/mol. The number of fused-ring (bicyclic) bond motifs is 1.